The van der Waals surface area contributed by atoms with Gasteiger partial charge in [-0.3, -0.25) is 4.98 Å². The smallest absolute Gasteiger partial charge is 0.339 e. The summed E-state index contributed by atoms with van der Waals surface area (Å²) in [6.45, 7) is 2.15. The normalized spacial score (nSPS) is 10.3. The molecule has 0 radical (unpaired) electrons. The second-order valence-electron chi connectivity index (χ2n) is 3.66. The van der Waals surface area contributed by atoms with E-state index in [4.69, 9.17) is 9.84 Å². The standard InChI is InChI=1S/C12H10BrNO3S/c1-7-2-8(13)3-10(12(15)16)11(7)17-5-9-4-14-6-18-9/h2-4,6H,5H2,1H3,(H,15,16). The zero-order valence-electron chi connectivity index (χ0n) is 9.51. The Morgan fingerprint density at radius 1 is 1.56 bits per heavy atom. The minimum absolute atomic E-state index is 0.159. The van der Waals surface area contributed by atoms with E-state index in [2.05, 4.69) is 20.9 Å². The molecule has 1 heterocycles. The molecule has 18 heavy (non-hydrogen) atoms. The molecule has 0 aliphatic rings. The number of aromatic carboxylic acids is 1. The second kappa shape index (κ2) is 5.49. The molecule has 1 aromatic heterocycles. The van der Waals surface area contributed by atoms with Crippen LogP contribution in [0.3, 0.4) is 0 Å². The first-order valence-corrected chi connectivity index (χ1v) is 6.79. The van der Waals surface area contributed by atoms with E-state index in [1.54, 1.807) is 11.7 Å². The molecular weight excluding hydrogens is 318 g/mol. The molecule has 0 bridgehead atoms. The van der Waals surface area contributed by atoms with Gasteiger partial charge < -0.3 is 9.84 Å². The lowest BCUT2D eigenvalue weighted by molar-refractivity contribution is 0.0691. The molecule has 0 unspecified atom stereocenters. The largest absolute Gasteiger partial charge is 0.487 e. The van der Waals surface area contributed by atoms with Crippen LogP contribution in [-0.2, 0) is 6.61 Å². The van der Waals surface area contributed by atoms with Crippen molar-refractivity contribution in [2.75, 3.05) is 0 Å². The molecule has 0 aliphatic heterocycles. The Hall–Kier alpha value is -1.40. The van der Waals surface area contributed by atoms with Crippen molar-refractivity contribution in [1.29, 1.82) is 0 Å². The monoisotopic (exact) mass is 327 g/mol. The van der Waals surface area contributed by atoms with E-state index in [1.165, 1.54) is 17.4 Å². The third kappa shape index (κ3) is 2.88. The molecule has 0 fully saturated rings. The van der Waals surface area contributed by atoms with Gasteiger partial charge in [0.05, 0.1) is 10.4 Å². The third-order valence-corrected chi connectivity index (χ3v) is 3.52. The van der Waals surface area contributed by atoms with Crippen molar-refractivity contribution in [3.63, 3.8) is 0 Å². The van der Waals surface area contributed by atoms with Gasteiger partial charge in [0.15, 0.2) is 0 Å². The Balaban J connectivity index is 2.28. The maximum absolute atomic E-state index is 11.2. The highest BCUT2D eigenvalue weighted by molar-refractivity contribution is 9.10. The second-order valence-corrected chi connectivity index (χ2v) is 5.55. The molecule has 94 valence electrons. The van der Waals surface area contributed by atoms with Crippen molar-refractivity contribution >= 4 is 33.2 Å². The number of benzene rings is 1. The molecule has 0 aliphatic carbocycles. The fraction of sp³-hybridized carbons (Fsp3) is 0.167. The van der Waals surface area contributed by atoms with E-state index in [9.17, 15) is 4.79 Å². The molecule has 0 spiro atoms. The van der Waals surface area contributed by atoms with E-state index in [1.807, 2.05) is 13.0 Å². The van der Waals surface area contributed by atoms with Crippen molar-refractivity contribution < 1.29 is 14.6 Å². The summed E-state index contributed by atoms with van der Waals surface area (Å²) in [4.78, 5) is 16.1. The fourth-order valence-corrected chi connectivity index (χ4v) is 2.62. The van der Waals surface area contributed by atoms with Crippen LogP contribution in [0.5, 0.6) is 5.75 Å². The number of thiazole rings is 1. The number of carboxylic acid groups (broad SMARTS) is 1. The molecule has 2 aromatic rings. The zero-order valence-corrected chi connectivity index (χ0v) is 11.9. The van der Waals surface area contributed by atoms with E-state index >= 15 is 0 Å². The van der Waals surface area contributed by atoms with Crippen molar-refractivity contribution in [3.8, 4) is 5.75 Å². The van der Waals surface area contributed by atoms with Crippen molar-refractivity contribution in [2.24, 2.45) is 0 Å². The Morgan fingerprint density at radius 3 is 2.94 bits per heavy atom. The van der Waals surface area contributed by atoms with Crippen LogP contribution < -0.4 is 4.74 Å². The lowest BCUT2D eigenvalue weighted by Gasteiger charge is -2.11. The third-order valence-electron chi connectivity index (χ3n) is 2.31. The Labute approximate surface area is 116 Å². The van der Waals surface area contributed by atoms with Gasteiger partial charge in [0.2, 0.25) is 0 Å². The molecule has 0 atom stereocenters. The number of carbonyl (C=O) groups is 1. The van der Waals surface area contributed by atoms with Crippen LogP contribution >= 0.6 is 27.3 Å². The summed E-state index contributed by atoms with van der Waals surface area (Å²) in [5, 5.41) is 9.16. The summed E-state index contributed by atoms with van der Waals surface area (Å²) in [6, 6.07) is 3.37. The van der Waals surface area contributed by atoms with Crippen LogP contribution in [-0.4, -0.2) is 16.1 Å². The molecule has 1 aromatic carbocycles. The molecule has 0 saturated heterocycles. The average molecular weight is 328 g/mol. The highest BCUT2D eigenvalue weighted by Gasteiger charge is 2.15. The number of halogens is 1. The number of nitrogens with zero attached hydrogens (tertiary/aromatic N) is 1. The number of aromatic nitrogens is 1. The molecule has 1 N–H and O–H groups in total. The Kier molecular flexibility index (Phi) is 3.98. The number of hydrogen-bond donors (Lipinski definition) is 1. The molecule has 4 nitrogen and oxygen atoms in total. The molecule has 2 rings (SSSR count). The first kappa shape index (κ1) is 13.0. The summed E-state index contributed by atoms with van der Waals surface area (Å²) in [5.41, 5.74) is 2.66. The first-order valence-electron chi connectivity index (χ1n) is 5.11. The predicted molar refractivity (Wildman–Crippen MR) is 72.3 cm³/mol. The quantitative estimate of drug-likeness (QED) is 0.933. The molecule has 6 heteroatoms. The number of aryl methyl sites for hydroxylation is 1. The predicted octanol–water partition coefficient (Wildman–Crippen LogP) is 3.49. The van der Waals surface area contributed by atoms with Gasteiger partial charge in [-0.15, -0.1) is 11.3 Å². The minimum atomic E-state index is -1.00. The maximum atomic E-state index is 11.2. The van der Waals surface area contributed by atoms with Crippen molar-refractivity contribution in [3.05, 3.63) is 44.3 Å². The summed E-state index contributed by atoms with van der Waals surface area (Å²) in [7, 11) is 0. The van der Waals surface area contributed by atoms with Gasteiger partial charge in [-0.05, 0) is 24.6 Å². The zero-order chi connectivity index (χ0) is 13.1. The minimum Gasteiger partial charge on any atom is -0.487 e. The summed E-state index contributed by atoms with van der Waals surface area (Å²) in [6.07, 6.45) is 1.71. The maximum Gasteiger partial charge on any atom is 0.339 e. The summed E-state index contributed by atoms with van der Waals surface area (Å²) >= 11 is 4.75. The van der Waals surface area contributed by atoms with Crippen LogP contribution in [0.25, 0.3) is 0 Å². The highest BCUT2D eigenvalue weighted by atomic mass is 79.9. The summed E-state index contributed by atoms with van der Waals surface area (Å²) in [5.74, 6) is -0.599. The van der Waals surface area contributed by atoms with Crippen LogP contribution in [0.15, 0.2) is 28.3 Å². The van der Waals surface area contributed by atoms with Crippen molar-refractivity contribution in [1.82, 2.24) is 4.98 Å². The number of ether oxygens (including phenoxy) is 1. The van der Waals surface area contributed by atoms with Gasteiger partial charge in [0.25, 0.3) is 0 Å². The van der Waals surface area contributed by atoms with E-state index in [-0.39, 0.29) is 5.56 Å². The van der Waals surface area contributed by atoms with Gasteiger partial charge in [-0.25, -0.2) is 4.79 Å². The van der Waals surface area contributed by atoms with Crippen LogP contribution in [0.1, 0.15) is 20.8 Å². The van der Waals surface area contributed by atoms with Crippen LogP contribution in [0, 0.1) is 6.92 Å². The van der Waals surface area contributed by atoms with Crippen molar-refractivity contribution in [2.45, 2.75) is 13.5 Å². The lowest BCUT2D eigenvalue weighted by atomic mass is 10.1. The van der Waals surface area contributed by atoms with Gasteiger partial charge in [0, 0.05) is 10.7 Å². The SMILES string of the molecule is Cc1cc(Br)cc(C(=O)O)c1OCc1cncs1. The number of hydrogen-bond acceptors (Lipinski definition) is 4. The van der Waals surface area contributed by atoms with Gasteiger partial charge >= 0.3 is 5.97 Å². The fourth-order valence-electron chi connectivity index (χ4n) is 1.54. The number of rotatable bonds is 4. The first-order chi connectivity index (χ1) is 8.58. The Bertz CT molecular complexity index is 569. The van der Waals surface area contributed by atoms with Gasteiger partial charge in [0.1, 0.15) is 17.9 Å². The van der Waals surface area contributed by atoms with E-state index in [0.29, 0.717) is 12.4 Å². The average Bonchev–Trinajstić information content (AvgIpc) is 2.79. The molecule has 0 amide bonds. The Morgan fingerprint density at radius 2 is 2.33 bits per heavy atom. The topological polar surface area (TPSA) is 59.4 Å². The lowest BCUT2D eigenvalue weighted by Crippen LogP contribution is -2.04. The van der Waals surface area contributed by atoms with Gasteiger partial charge in [-0.1, -0.05) is 15.9 Å². The van der Waals surface area contributed by atoms with Crippen LogP contribution in [0.2, 0.25) is 0 Å². The summed E-state index contributed by atoms with van der Waals surface area (Å²) < 4.78 is 6.32. The molecule has 0 saturated carbocycles. The van der Waals surface area contributed by atoms with Crippen LogP contribution in [0.4, 0.5) is 0 Å². The van der Waals surface area contributed by atoms with E-state index in [0.717, 1.165) is 14.9 Å². The highest BCUT2D eigenvalue weighted by Crippen LogP contribution is 2.29. The number of carboxylic acids is 1. The molecular formula is C12H10BrNO3S. The van der Waals surface area contributed by atoms with Gasteiger partial charge in [-0.2, -0.15) is 0 Å². The van der Waals surface area contributed by atoms with E-state index < -0.39 is 5.97 Å².